The van der Waals surface area contributed by atoms with Crippen molar-refractivity contribution in [1.29, 1.82) is 0 Å². The molecule has 0 aromatic heterocycles. The smallest absolute Gasteiger partial charge is 0.0888 e. The molecule has 6 aliphatic rings. The van der Waals surface area contributed by atoms with Gasteiger partial charge in [-0.25, -0.2) is 0 Å². The van der Waals surface area contributed by atoms with E-state index in [0.29, 0.717) is 0 Å². The van der Waals surface area contributed by atoms with Crippen molar-refractivity contribution in [3.8, 4) is 0 Å². The minimum atomic E-state index is -0.154. The maximum absolute atomic E-state index is 8.61. The Morgan fingerprint density at radius 1 is 0.395 bits per heavy atom. The van der Waals surface area contributed by atoms with Crippen molar-refractivity contribution in [2.45, 2.75) is 231 Å². The first-order chi connectivity index (χ1) is 37.0. The number of fused-ring (bicyclic) bond motifs is 7. The first-order valence-electron chi connectivity index (χ1n) is 30.8. The first kappa shape index (κ1) is 51.7. The number of aryl methyl sites for hydroxylation is 8. The minimum absolute atomic E-state index is 0.0297. The molecule has 3 nitrogen and oxygen atoms in total. The number of anilines is 8. The Hall–Kier alpha value is -4.99. The fourth-order valence-corrected chi connectivity index (χ4v) is 15.6. The lowest BCUT2D eigenvalue weighted by Gasteiger charge is -2.50. The molecule has 4 heteroatoms. The molecule has 0 amide bonds. The highest BCUT2D eigenvalue weighted by Crippen LogP contribution is 2.63. The molecule has 0 spiro atoms. The van der Waals surface area contributed by atoms with Crippen molar-refractivity contribution in [1.82, 2.24) is 0 Å². The molecule has 0 radical (unpaired) electrons. The van der Waals surface area contributed by atoms with Crippen molar-refractivity contribution >= 4 is 57.1 Å². The topological polar surface area (TPSA) is 9.72 Å². The molecule has 5 aliphatic carbocycles. The van der Waals surface area contributed by atoms with Crippen LogP contribution in [0.15, 0.2) is 103 Å². The summed E-state index contributed by atoms with van der Waals surface area (Å²) in [4.78, 5) is 8.04. The molecule has 0 N–H and O–H groups in total. The molecule has 6 aromatic carbocycles. The molecule has 1 fully saturated rings. The maximum atomic E-state index is 8.61. The molecular formula is C72H88ClN3. The minimum Gasteiger partial charge on any atom is -0.334 e. The van der Waals surface area contributed by atoms with Crippen molar-refractivity contribution in [3.05, 3.63) is 164 Å². The largest absolute Gasteiger partial charge is 0.334 e. The third-order valence-electron chi connectivity index (χ3n) is 20.1. The number of hydrogen-bond donors (Lipinski definition) is 0. The molecule has 2 unspecified atom stereocenters. The van der Waals surface area contributed by atoms with E-state index in [1.54, 1.807) is 0 Å². The predicted octanol–water partition coefficient (Wildman–Crippen LogP) is 21.0. The second-order valence-corrected chi connectivity index (χ2v) is 26.4. The number of benzene rings is 6. The maximum Gasteiger partial charge on any atom is 0.0888 e. The number of hydrogen-bond acceptors (Lipinski definition) is 3. The van der Waals surface area contributed by atoms with E-state index in [9.17, 15) is 0 Å². The van der Waals surface area contributed by atoms with E-state index < -0.39 is 0 Å². The highest BCUT2D eigenvalue weighted by Gasteiger charge is 2.58. The second kappa shape index (κ2) is 21.7. The summed E-state index contributed by atoms with van der Waals surface area (Å²) in [5, 5.41) is 0.805. The van der Waals surface area contributed by atoms with E-state index in [4.69, 9.17) is 11.6 Å². The van der Waals surface area contributed by atoms with Gasteiger partial charge < -0.3 is 14.7 Å². The Morgan fingerprint density at radius 2 is 0.750 bits per heavy atom. The van der Waals surface area contributed by atoms with Crippen LogP contribution in [0.4, 0.5) is 45.5 Å². The van der Waals surface area contributed by atoms with E-state index in [1.807, 2.05) is 0 Å². The first-order valence-corrected chi connectivity index (χ1v) is 31.2. The number of halogens is 1. The van der Waals surface area contributed by atoms with Crippen LogP contribution in [0, 0.1) is 0 Å². The molecule has 398 valence electrons. The second-order valence-electron chi connectivity index (χ2n) is 26.1. The Labute approximate surface area is 463 Å². The Bertz CT molecular complexity index is 2800. The lowest BCUT2D eigenvalue weighted by atomic mass is 9.61. The van der Waals surface area contributed by atoms with Crippen LogP contribution in [-0.2, 0) is 62.2 Å². The van der Waals surface area contributed by atoms with Gasteiger partial charge >= 0.3 is 0 Å². The molecule has 12 rings (SSSR count). The van der Waals surface area contributed by atoms with Gasteiger partial charge in [0.05, 0.1) is 21.9 Å². The summed E-state index contributed by atoms with van der Waals surface area (Å²) in [5.41, 5.74) is 24.5. The monoisotopic (exact) mass is 1030 g/mol. The molecule has 2 atom stereocenters. The van der Waals surface area contributed by atoms with Gasteiger partial charge in [-0.2, -0.15) is 0 Å². The average Bonchev–Trinajstić information content (AvgIpc) is 3.72. The van der Waals surface area contributed by atoms with E-state index in [2.05, 4.69) is 152 Å². The Kier molecular flexibility index (Phi) is 14.8. The van der Waals surface area contributed by atoms with Gasteiger partial charge in [0.1, 0.15) is 0 Å². The zero-order valence-corrected chi connectivity index (χ0v) is 48.1. The van der Waals surface area contributed by atoms with Crippen LogP contribution in [0.1, 0.15) is 219 Å². The summed E-state index contributed by atoms with van der Waals surface area (Å²) < 4.78 is 0. The quantitative estimate of drug-likeness (QED) is 0.158. The van der Waals surface area contributed by atoms with Crippen molar-refractivity contribution in [2.24, 2.45) is 0 Å². The van der Waals surface area contributed by atoms with E-state index in [0.717, 1.165) is 74.2 Å². The molecule has 6 aromatic rings. The zero-order chi connectivity index (χ0) is 52.0. The van der Waals surface area contributed by atoms with Gasteiger partial charge in [0.2, 0.25) is 0 Å². The molecular weight excluding hydrogens is 942 g/mol. The Balaban J connectivity index is 1.15. The van der Waals surface area contributed by atoms with Gasteiger partial charge in [-0.1, -0.05) is 140 Å². The van der Waals surface area contributed by atoms with Gasteiger partial charge in [-0.15, -0.1) is 0 Å². The van der Waals surface area contributed by atoms with Gasteiger partial charge in [0.25, 0.3) is 0 Å². The lowest BCUT2D eigenvalue weighted by molar-refractivity contribution is 0.195. The molecule has 0 bridgehead atoms. The van der Waals surface area contributed by atoms with Crippen molar-refractivity contribution in [3.63, 3.8) is 0 Å². The summed E-state index contributed by atoms with van der Waals surface area (Å²) in [6.45, 7) is 12.4. The summed E-state index contributed by atoms with van der Waals surface area (Å²) in [6.07, 6.45) is 34.5. The van der Waals surface area contributed by atoms with Crippen molar-refractivity contribution < 1.29 is 0 Å². The van der Waals surface area contributed by atoms with Gasteiger partial charge in [0, 0.05) is 39.5 Å². The van der Waals surface area contributed by atoms with Crippen LogP contribution in [-0.4, -0.2) is 5.54 Å². The fraction of sp³-hybridized carbons (Fsp3) is 0.500. The predicted molar refractivity (Wildman–Crippen MR) is 326 cm³/mol. The van der Waals surface area contributed by atoms with Gasteiger partial charge in [-0.05, 0) is 250 Å². The normalized spacial score (nSPS) is 22.0. The fourth-order valence-electron chi connectivity index (χ4n) is 15.3. The standard InChI is InChI=1S/C72H88ClN3/c1-70(2,3)59-36-41-66-65(48-59)71(4)42-22-23-43-72(71,5)76(66)64-49-67(74(60-37-32-51-24-14-6-10-18-28-55(51)44-60)61-38-33-52-25-15-7-11-19-29-56(52)45-61)69(73)68(50-64)75(62-39-34-53-26-16-8-12-20-30-57(53)46-62)63-40-35-54-27-17-9-13-21-31-58(54)47-63/h32-41,44-50H,6-31,42-43H2,1-5H3. The molecule has 1 saturated carbocycles. The summed E-state index contributed by atoms with van der Waals surface area (Å²) in [5.74, 6) is 0. The van der Waals surface area contributed by atoms with Crippen LogP contribution >= 0.6 is 11.6 Å². The summed E-state index contributed by atoms with van der Waals surface area (Å²) in [6, 6.07) is 42.6. The summed E-state index contributed by atoms with van der Waals surface area (Å²) in [7, 11) is 0. The van der Waals surface area contributed by atoms with Crippen LogP contribution in [0.2, 0.25) is 5.02 Å². The highest BCUT2D eigenvalue weighted by atomic mass is 35.5. The van der Waals surface area contributed by atoms with Crippen LogP contribution < -0.4 is 14.7 Å². The van der Waals surface area contributed by atoms with Gasteiger partial charge in [-0.3, -0.25) is 0 Å². The third-order valence-corrected chi connectivity index (χ3v) is 20.5. The average molecular weight is 1030 g/mol. The van der Waals surface area contributed by atoms with E-state index >= 15 is 0 Å². The van der Waals surface area contributed by atoms with Crippen LogP contribution in [0.3, 0.4) is 0 Å². The molecule has 1 heterocycles. The number of rotatable bonds is 7. The number of nitrogens with zero attached hydrogens (tertiary/aromatic N) is 3. The van der Waals surface area contributed by atoms with E-state index in [-0.39, 0.29) is 16.4 Å². The van der Waals surface area contributed by atoms with Crippen LogP contribution in [0.5, 0.6) is 0 Å². The Morgan fingerprint density at radius 3 is 1.12 bits per heavy atom. The third kappa shape index (κ3) is 9.85. The molecule has 76 heavy (non-hydrogen) atoms. The SMILES string of the molecule is CC(C)(C)c1ccc2c(c1)C1(C)CCCCC1(C)N2c1cc(N(c2ccc3c(c2)CCCCCC3)c2ccc3c(c2)CCCCCC3)c(Cl)c(N(c2ccc3c(c2)CCCCCC3)c2ccc3c(c2)CCCCCC3)c1. The van der Waals surface area contributed by atoms with Crippen LogP contribution in [0.25, 0.3) is 0 Å². The summed E-state index contributed by atoms with van der Waals surface area (Å²) >= 11 is 8.61. The highest BCUT2D eigenvalue weighted by molar-refractivity contribution is 6.37. The molecule has 0 saturated heterocycles. The molecule has 1 aliphatic heterocycles. The van der Waals surface area contributed by atoms with E-state index in [1.165, 1.54) is 212 Å². The van der Waals surface area contributed by atoms with Gasteiger partial charge in [0.15, 0.2) is 0 Å². The van der Waals surface area contributed by atoms with Crippen molar-refractivity contribution in [2.75, 3.05) is 14.7 Å². The zero-order valence-electron chi connectivity index (χ0n) is 47.3. The lowest BCUT2D eigenvalue weighted by Crippen LogP contribution is -2.54.